The molecule has 108 valence electrons. The zero-order chi connectivity index (χ0) is 13.9. The van der Waals surface area contributed by atoms with Crippen molar-refractivity contribution in [1.29, 1.82) is 0 Å². The predicted molar refractivity (Wildman–Crippen MR) is 77.1 cm³/mol. The second kappa shape index (κ2) is 9.64. The van der Waals surface area contributed by atoms with Gasteiger partial charge in [-0.05, 0) is 37.2 Å². The van der Waals surface area contributed by atoms with Crippen LogP contribution in [0.4, 0.5) is 0 Å². The van der Waals surface area contributed by atoms with E-state index in [0.29, 0.717) is 6.61 Å². The number of methoxy groups -OCH3 is 1. The summed E-state index contributed by atoms with van der Waals surface area (Å²) in [7, 11) is 1.68. The fourth-order valence-corrected chi connectivity index (χ4v) is 1.65. The first-order chi connectivity index (χ1) is 9.30. The summed E-state index contributed by atoms with van der Waals surface area (Å²) >= 11 is 0. The Morgan fingerprint density at radius 2 is 1.79 bits per heavy atom. The molecule has 19 heavy (non-hydrogen) atoms. The van der Waals surface area contributed by atoms with Gasteiger partial charge in [0.1, 0.15) is 17.6 Å². The number of rotatable bonds is 10. The number of hydrogen-bond acceptors (Lipinski definition) is 4. The molecule has 1 rings (SSSR count). The molecular formula is C15H25NO3. The van der Waals surface area contributed by atoms with E-state index in [0.717, 1.165) is 37.6 Å². The first kappa shape index (κ1) is 15.8. The normalized spacial score (nSPS) is 12.2. The Morgan fingerprint density at radius 3 is 2.37 bits per heavy atom. The van der Waals surface area contributed by atoms with Crippen LogP contribution in [-0.4, -0.2) is 39.5 Å². The van der Waals surface area contributed by atoms with E-state index in [4.69, 9.17) is 14.2 Å². The van der Waals surface area contributed by atoms with Crippen LogP contribution in [0.5, 0.6) is 11.5 Å². The van der Waals surface area contributed by atoms with Crippen molar-refractivity contribution in [2.24, 2.45) is 0 Å². The fraction of sp³-hybridized carbons (Fsp3) is 0.600. The van der Waals surface area contributed by atoms with Gasteiger partial charge in [0.05, 0.1) is 13.2 Å². The van der Waals surface area contributed by atoms with Crippen molar-refractivity contribution in [3.05, 3.63) is 24.3 Å². The standard InChI is InChI=1S/C15H25NO3/c1-4-10-18-13-6-8-14(9-7-13)19-15(12-17-3)11-16-5-2/h6-9,15-16H,4-5,10-12H2,1-3H3. The van der Waals surface area contributed by atoms with Crippen LogP contribution in [-0.2, 0) is 4.74 Å². The SMILES string of the molecule is CCCOc1ccc(OC(CNCC)COC)cc1. The lowest BCUT2D eigenvalue weighted by molar-refractivity contribution is 0.0809. The smallest absolute Gasteiger partial charge is 0.134 e. The molecule has 1 N–H and O–H groups in total. The molecule has 0 saturated carbocycles. The van der Waals surface area contributed by atoms with Crippen LogP contribution in [0.2, 0.25) is 0 Å². The second-order valence-corrected chi connectivity index (χ2v) is 4.32. The molecule has 1 aromatic rings. The van der Waals surface area contributed by atoms with Crippen LogP contribution in [0, 0.1) is 0 Å². The molecule has 0 aliphatic carbocycles. The highest BCUT2D eigenvalue weighted by atomic mass is 16.5. The third-order valence-corrected chi connectivity index (χ3v) is 2.57. The Kier molecular flexibility index (Phi) is 8.02. The van der Waals surface area contributed by atoms with Crippen LogP contribution in [0.3, 0.4) is 0 Å². The molecule has 4 heteroatoms. The third-order valence-electron chi connectivity index (χ3n) is 2.57. The minimum Gasteiger partial charge on any atom is -0.494 e. The number of hydrogen-bond donors (Lipinski definition) is 1. The second-order valence-electron chi connectivity index (χ2n) is 4.32. The van der Waals surface area contributed by atoms with E-state index >= 15 is 0 Å². The number of benzene rings is 1. The van der Waals surface area contributed by atoms with Gasteiger partial charge in [0, 0.05) is 13.7 Å². The summed E-state index contributed by atoms with van der Waals surface area (Å²) in [6, 6.07) is 7.73. The number of likely N-dealkylation sites (N-methyl/N-ethyl adjacent to an activating group) is 1. The van der Waals surface area contributed by atoms with Gasteiger partial charge in [0.2, 0.25) is 0 Å². The topological polar surface area (TPSA) is 39.7 Å². The molecule has 1 unspecified atom stereocenters. The maximum absolute atomic E-state index is 5.87. The van der Waals surface area contributed by atoms with Crippen LogP contribution in [0.15, 0.2) is 24.3 Å². The Labute approximate surface area is 116 Å². The highest BCUT2D eigenvalue weighted by Crippen LogP contribution is 2.18. The number of nitrogens with one attached hydrogen (secondary N) is 1. The van der Waals surface area contributed by atoms with Gasteiger partial charge >= 0.3 is 0 Å². The molecule has 0 aromatic heterocycles. The molecule has 0 amide bonds. The largest absolute Gasteiger partial charge is 0.494 e. The van der Waals surface area contributed by atoms with Crippen LogP contribution in [0.25, 0.3) is 0 Å². The van der Waals surface area contributed by atoms with E-state index in [1.165, 1.54) is 0 Å². The molecular weight excluding hydrogens is 242 g/mol. The van der Waals surface area contributed by atoms with E-state index in [1.807, 2.05) is 24.3 Å². The van der Waals surface area contributed by atoms with Crippen molar-refractivity contribution >= 4 is 0 Å². The summed E-state index contributed by atoms with van der Waals surface area (Å²) in [4.78, 5) is 0. The third kappa shape index (κ3) is 6.45. The van der Waals surface area contributed by atoms with Crippen molar-refractivity contribution in [3.8, 4) is 11.5 Å². The quantitative estimate of drug-likeness (QED) is 0.707. The highest BCUT2D eigenvalue weighted by molar-refractivity contribution is 5.31. The Bertz CT molecular complexity index is 327. The van der Waals surface area contributed by atoms with Crippen molar-refractivity contribution in [2.75, 3.05) is 33.4 Å². The van der Waals surface area contributed by atoms with Crippen molar-refractivity contribution in [2.45, 2.75) is 26.4 Å². The van der Waals surface area contributed by atoms with E-state index in [2.05, 4.69) is 19.2 Å². The van der Waals surface area contributed by atoms with Gasteiger partial charge in [-0.2, -0.15) is 0 Å². The summed E-state index contributed by atoms with van der Waals surface area (Å²) in [5.74, 6) is 1.72. The van der Waals surface area contributed by atoms with Crippen molar-refractivity contribution in [3.63, 3.8) is 0 Å². The molecule has 0 radical (unpaired) electrons. The predicted octanol–water partition coefficient (Wildman–Crippen LogP) is 2.48. The summed E-state index contributed by atoms with van der Waals surface area (Å²) in [5, 5.41) is 3.26. The summed E-state index contributed by atoms with van der Waals surface area (Å²) in [6.45, 7) is 7.18. The number of ether oxygens (including phenoxy) is 3. The van der Waals surface area contributed by atoms with E-state index in [9.17, 15) is 0 Å². The van der Waals surface area contributed by atoms with Gasteiger partial charge in [-0.1, -0.05) is 13.8 Å². The minimum absolute atomic E-state index is 0.0207. The van der Waals surface area contributed by atoms with Crippen molar-refractivity contribution < 1.29 is 14.2 Å². The lowest BCUT2D eigenvalue weighted by Crippen LogP contribution is -2.34. The van der Waals surface area contributed by atoms with Gasteiger partial charge in [0.15, 0.2) is 0 Å². The zero-order valence-electron chi connectivity index (χ0n) is 12.1. The van der Waals surface area contributed by atoms with E-state index in [-0.39, 0.29) is 6.10 Å². The van der Waals surface area contributed by atoms with Crippen LogP contribution < -0.4 is 14.8 Å². The van der Waals surface area contributed by atoms with Gasteiger partial charge in [-0.3, -0.25) is 0 Å². The molecule has 1 atom stereocenters. The molecule has 0 spiro atoms. The lowest BCUT2D eigenvalue weighted by Gasteiger charge is -2.18. The molecule has 0 aliphatic heterocycles. The van der Waals surface area contributed by atoms with E-state index < -0.39 is 0 Å². The molecule has 0 saturated heterocycles. The minimum atomic E-state index is 0.0207. The highest BCUT2D eigenvalue weighted by Gasteiger charge is 2.09. The molecule has 4 nitrogen and oxygen atoms in total. The van der Waals surface area contributed by atoms with Gasteiger partial charge in [-0.15, -0.1) is 0 Å². The van der Waals surface area contributed by atoms with Gasteiger partial charge < -0.3 is 19.5 Å². The molecule has 0 fully saturated rings. The summed E-state index contributed by atoms with van der Waals surface area (Å²) < 4.78 is 16.6. The van der Waals surface area contributed by atoms with Gasteiger partial charge in [-0.25, -0.2) is 0 Å². The monoisotopic (exact) mass is 267 g/mol. The summed E-state index contributed by atoms with van der Waals surface area (Å²) in [6.07, 6.45) is 1.03. The Balaban J connectivity index is 2.48. The molecule has 0 aliphatic rings. The van der Waals surface area contributed by atoms with E-state index in [1.54, 1.807) is 7.11 Å². The maximum Gasteiger partial charge on any atom is 0.134 e. The van der Waals surface area contributed by atoms with Crippen LogP contribution in [0.1, 0.15) is 20.3 Å². The molecule has 1 aromatic carbocycles. The first-order valence-corrected chi connectivity index (χ1v) is 6.89. The average molecular weight is 267 g/mol. The Morgan fingerprint density at radius 1 is 1.11 bits per heavy atom. The van der Waals surface area contributed by atoms with Crippen LogP contribution >= 0.6 is 0 Å². The lowest BCUT2D eigenvalue weighted by atomic mass is 10.3. The fourth-order valence-electron chi connectivity index (χ4n) is 1.65. The van der Waals surface area contributed by atoms with Crippen molar-refractivity contribution in [1.82, 2.24) is 5.32 Å². The zero-order valence-corrected chi connectivity index (χ0v) is 12.1. The maximum atomic E-state index is 5.87. The summed E-state index contributed by atoms with van der Waals surface area (Å²) in [5.41, 5.74) is 0. The van der Waals surface area contributed by atoms with Gasteiger partial charge in [0.25, 0.3) is 0 Å². The first-order valence-electron chi connectivity index (χ1n) is 6.89. The molecule has 0 bridgehead atoms. The molecule has 0 heterocycles. The Hall–Kier alpha value is -1.26. The average Bonchev–Trinajstić information content (AvgIpc) is 2.44.